The topological polar surface area (TPSA) is 71.9 Å². The molecule has 34 heavy (non-hydrogen) atoms. The third kappa shape index (κ3) is 4.49. The van der Waals surface area contributed by atoms with Crippen LogP contribution in [-0.4, -0.2) is 54.0 Å². The molecule has 0 saturated carbocycles. The number of nitrogens with one attached hydrogen (secondary N) is 1. The number of hydrogen-bond donors (Lipinski definition) is 1. The van der Waals surface area contributed by atoms with Gasteiger partial charge in [0.15, 0.2) is 11.6 Å². The van der Waals surface area contributed by atoms with Crippen LogP contribution in [0.15, 0.2) is 47.6 Å². The molecular formula is C25H25F2N5O2. The third-order valence-electron chi connectivity index (χ3n) is 6.10. The summed E-state index contributed by atoms with van der Waals surface area (Å²) in [5, 5.41) is 3.08. The maximum atomic E-state index is 15.0. The molecule has 1 unspecified atom stereocenters. The van der Waals surface area contributed by atoms with Gasteiger partial charge in [0, 0.05) is 42.7 Å². The highest BCUT2D eigenvalue weighted by molar-refractivity contribution is 5.98. The van der Waals surface area contributed by atoms with E-state index in [4.69, 9.17) is 9.47 Å². The van der Waals surface area contributed by atoms with Crippen molar-refractivity contribution in [1.29, 1.82) is 0 Å². The van der Waals surface area contributed by atoms with Gasteiger partial charge in [-0.25, -0.2) is 18.7 Å². The fourth-order valence-electron chi connectivity index (χ4n) is 4.34. The molecule has 0 radical (unpaired) electrons. The van der Waals surface area contributed by atoms with Gasteiger partial charge in [-0.2, -0.15) is 0 Å². The molecule has 0 aliphatic carbocycles. The number of halogens is 2. The number of morpholine rings is 1. The molecule has 2 aliphatic heterocycles. The Morgan fingerprint density at radius 3 is 2.71 bits per heavy atom. The van der Waals surface area contributed by atoms with Gasteiger partial charge in [0.05, 0.1) is 38.1 Å². The fraction of sp³-hybridized carbons (Fsp3) is 0.320. The molecule has 3 aromatic rings. The van der Waals surface area contributed by atoms with Crippen LogP contribution in [0, 0.1) is 11.6 Å². The second kappa shape index (κ2) is 9.44. The molecule has 1 aromatic heterocycles. The van der Waals surface area contributed by atoms with E-state index in [-0.39, 0.29) is 17.5 Å². The number of rotatable bonds is 6. The van der Waals surface area contributed by atoms with Gasteiger partial charge >= 0.3 is 0 Å². The van der Waals surface area contributed by atoms with E-state index in [2.05, 4.69) is 25.2 Å². The molecule has 1 atom stereocenters. The lowest BCUT2D eigenvalue weighted by molar-refractivity contribution is 0.0337. The molecule has 1 saturated heterocycles. The monoisotopic (exact) mass is 465 g/mol. The van der Waals surface area contributed by atoms with Crippen molar-refractivity contribution >= 4 is 23.0 Å². The first-order chi connectivity index (χ1) is 16.5. The van der Waals surface area contributed by atoms with Crippen LogP contribution in [-0.2, 0) is 11.3 Å². The molecule has 2 aliphatic rings. The van der Waals surface area contributed by atoms with Crippen molar-refractivity contribution in [3.8, 4) is 5.75 Å². The van der Waals surface area contributed by atoms with Gasteiger partial charge in [0.25, 0.3) is 0 Å². The van der Waals surface area contributed by atoms with Gasteiger partial charge < -0.3 is 14.8 Å². The highest BCUT2D eigenvalue weighted by Crippen LogP contribution is 2.39. The highest BCUT2D eigenvalue weighted by atomic mass is 19.1. The third-order valence-corrected chi connectivity index (χ3v) is 6.10. The SMILES string of the molecule is COc1cc(Nc2ncc3c(n2)C(c2ccc(CN4CCOCC4)c(F)c2)C(C)=N3)ccc1F. The van der Waals surface area contributed by atoms with E-state index < -0.39 is 5.82 Å². The first kappa shape index (κ1) is 22.4. The van der Waals surface area contributed by atoms with Gasteiger partial charge in [-0.15, -0.1) is 0 Å². The van der Waals surface area contributed by atoms with Gasteiger partial charge in [-0.3, -0.25) is 9.89 Å². The van der Waals surface area contributed by atoms with E-state index in [0.29, 0.717) is 48.3 Å². The van der Waals surface area contributed by atoms with Crippen molar-refractivity contribution in [3.63, 3.8) is 0 Å². The minimum Gasteiger partial charge on any atom is -0.494 e. The van der Waals surface area contributed by atoms with Crippen molar-refractivity contribution in [1.82, 2.24) is 14.9 Å². The number of aliphatic imine (C=N–C) groups is 1. The molecule has 9 heteroatoms. The molecule has 2 aromatic carbocycles. The number of anilines is 2. The molecule has 0 bridgehead atoms. The molecule has 1 N–H and O–H groups in total. The second-order valence-electron chi connectivity index (χ2n) is 8.36. The van der Waals surface area contributed by atoms with Crippen molar-refractivity contribution in [2.75, 3.05) is 38.7 Å². The smallest absolute Gasteiger partial charge is 0.227 e. The maximum absolute atomic E-state index is 15.0. The van der Waals surface area contributed by atoms with Gasteiger partial charge in [0.2, 0.25) is 5.95 Å². The van der Waals surface area contributed by atoms with E-state index in [1.54, 1.807) is 18.3 Å². The Balaban J connectivity index is 1.39. The zero-order chi connectivity index (χ0) is 23.7. The zero-order valence-electron chi connectivity index (χ0n) is 19.0. The number of ether oxygens (including phenoxy) is 2. The Morgan fingerprint density at radius 2 is 1.94 bits per heavy atom. The lowest BCUT2D eigenvalue weighted by Crippen LogP contribution is -2.35. The maximum Gasteiger partial charge on any atom is 0.227 e. The standard InChI is InChI=1S/C25H25F2N5O2/c1-15-23(16-3-4-17(20(27)11-16)14-32-7-9-34-10-8-32)24-21(29-15)13-28-25(31-24)30-18-5-6-19(26)22(12-18)33-2/h3-6,11-13,23H,7-10,14H2,1-2H3,(H,28,30,31). The Kier molecular flexibility index (Phi) is 6.21. The van der Waals surface area contributed by atoms with Crippen molar-refractivity contribution in [3.05, 3.63) is 71.1 Å². The van der Waals surface area contributed by atoms with Crippen LogP contribution in [0.1, 0.15) is 29.7 Å². The van der Waals surface area contributed by atoms with E-state index in [9.17, 15) is 4.39 Å². The number of hydrogen-bond acceptors (Lipinski definition) is 7. The molecule has 0 amide bonds. The van der Waals surface area contributed by atoms with Gasteiger partial charge in [0.1, 0.15) is 11.5 Å². The highest BCUT2D eigenvalue weighted by Gasteiger charge is 2.29. The van der Waals surface area contributed by atoms with Crippen LogP contribution in [0.5, 0.6) is 5.75 Å². The Hall–Kier alpha value is -3.43. The first-order valence-electron chi connectivity index (χ1n) is 11.1. The molecule has 7 nitrogen and oxygen atoms in total. The Labute approximate surface area is 196 Å². The van der Waals surface area contributed by atoms with Crippen molar-refractivity contribution < 1.29 is 18.3 Å². The fourth-order valence-corrected chi connectivity index (χ4v) is 4.34. The summed E-state index contributed by atoms with van der Waals surface area (Å²) in [7, 11) is 1.41. The summed E-state index contributed by atoms with van der Waals surface area (Å²) < 4.78 is 39.2. The van der Waals surface area contributed by atoms with Gasteiger partial charge in [-0.1, -0.05) is 12.1 Å². The largest absolute Gasteiger partial charge is 0.494 e. The van der Waals surface area contributed by atoms with Crippen LogP contribution >= 0.6 is 0 Å². The summed E-state index contributed by atoms with van der Waals surface area (Å²) in [6, 6.07) is 9.79. The minimum absolute atomic E-state index is 0.121. The van der Waals surface area contributed by atoms with Crippen molar-refractivity contribution in [2.45, 2.75) is 19.4 Å². The molecule has 1 fully saturated rings. The Bertz CT molecular complexity index is 1240. The number of benzene rings is 2. The van der Waals surface area contributed by atoms with E-state index in [1.807, 2.05) is 19.1 Å². The zero-order valence-corrected chi connectivity index (χ0v) is 19.0. The summed E-state index contributed by atoms with van der Waals surface area (Å²) in [6.45, 7) is 5.42. The predicted octanol–water partition coefficient (Wildman–Crippen LogP) is 4.58. The lowest BCUT2D eigenvalue weighted by Gasteiger charge is -2.26. The number of fused-ring (bicyclic) bond motifs is 1. The molecule has 176 valence electrons. The molecule has 5 rings (SSSR count). The van der Waals surface area contributed by atoms with Crippen molar-refractivity contribution in [2.24, 2.45) is 4.99 Å². The lowest BCUT2D eigenvalue weighted by atomic mass is 9.92. The van der Waals surface area contributed by atoms with Gasteiger partial charge in [-0.05, 0) is 30.7 Å². The average Bonchev–Trinajstić information content (AvgIpc) is 3.17. The number of nitrogens with zero attached hydrogens (tertiary/aromatic N) is 4. The summed E-state index contributed by atoms with van der Waals surface area (Å²) in [5.41, 5.74) is 4.21. The summed E-state index contributed by atoms with van der Waals surface area (Å²) in [6.07, 6.45) is 1.64. The second-order valence-corrected chi connectivity index (χ2v) is 8.36. The van der Waals surface area contributed by atoms with E-state index in [1.165, 1.54) is 19.2 Å². The average molecular weight is 466 g/mol. The molecular weight excluding hydrogens is 440 g/mol. The minimum atomic E-state index is -0.453. The number of aromatic nitrogens is 2. The molecule has 0 spiro atoms. The van der Waals surface area contributed by atoms with Crippen LogP contribution in [0.2, 0.25) is 0 Å². The number of methoxy groups -OCH3 is 1. The summed E-state index contributed by atoms with van der Waals surface area (Å²) >= 11 is 0. The van der Waals surface area contributed by atoms with Crippen LogP contribution in [0.25, 0.3) is 0 Å². The molecule has 3 heterocycles. The van der Waals surface area contributed by atoms with Crippen LogP contribution < -0.4 is 10.1 Å². The van der Waals surface area contributed by atoms with Crippen LogP contribution in [0.3, 0.4) is 0 Å². The van der Waals surface area contributed by atoms with E-state index >= 15 is 4.39 Å². The quantitative estimate of drug-likeness (QED) is 0.575. The van der Waals surface area contributed by atoms with Crippen LogP contribution in [0.4, 0.5) is 26.1 Å². The Morgan fingerprint density at radius 1 is 1.12 bits per heavy atom. The van der Waals surface area contributed by atoms with E-state index in [0.717, 1.165) is 24.4 Å². The summed E-state index contributed by atoms with van der Waals surface area (Å²) in [5.74, 6) is -0.502. The first-order valence-corrected chi connectivity index (χ1v) is 11.1. The summed E-state index contributed by atoms with van der Waals surface area (Å²) in [4.78, 5) is 15.8. The predicted molar refractivity (Wildman–Crippen MR) is 125 cm³/mol. The normalized spacial score (nSPS) is 17.9.